The monoisotopic (exact) mass is 365 g/mol. The molecule has 21 heavy (non-hydrogen) atoms. The molecule has 1 aromatic rings. The van der Waals surface area contributed by atoms with Crippen LogP contribution in [-0.4, -0.2) is 37.3 Å². The van der Waals surface area contributed by atoms with Crippen molar-refractivity contribution in [1.82, 2.24) is 10.2 Å². The molecule has 0 unspecified atom stereocenters. The van der Waals surface area contributed by atoms with Gasteiger partial charge in [0, 0.05) is 42.5 Å². The van der Waals surface area contributed by atoms with Crippen LogP contribution >= 0.6 is 36.4 Å². The van der Waals surface area contributed by atoms with E-state index < -0.39 is 12.2 Å². The van der Waals surface area contributed by atoms with E-state index in [1.165, 1.54) is 23.1 Å². The topological polar surface area (TPSA) is 41.3 Å². The molecule has 3 nitrogen and oxygen atoms in total. The van der Waals surface area contributed by atoms with Crippen molar-refractivity contribution in [3.8, 4) is 0 Å². The largest absolute Gasteiger partial charge is 0.408 e. The molecule has 0 bridgehead atoms. The summed E-state index contributed by atoms with van der Waals surface area (Å²) in [5, 5.41) is 3.29. The van der Waals surface area contributed by atoms with Crippen molar-refractivity contribution >= 4 is 42.1 Å². The Morgan fingerprint density at radius 2 is 1.76 bits per heavy atom. The van der Waals surface area contributed by atoms with Gasteiger partial charge in [0.1, 0.15) is 6.04 Å². The molecule has 3 N–H and O–H groups in total. The van der Waals surface area contributed by atoms with Crippen LogP contribution in [0.15, 0.2) is 18.2 Å². The van der Waals surface area contributed by atoms with Gasteiger partial charge in [-0.05, 0) is 18.2 Å². The Bertz CT molecular complexity index is 451. The maximum absolute atomic E-state index is 13.3. The third-order valence-corrected chi connectivity index (χ3v) is 3.41. The summed E-state index contributed by atoms with van der Waals surface area (Å²) in [5.41, 5.74) is 5.84. The van der Waals surface area contributed by atoms with E-state index in [4.69, 9.17) is 17.3 Å². The Balaban J connectivity index is 0.00000200. The summed E-state index contributed by atoms with van der Waals surface area (Å²) >= 11 is 5.80. The smallest absolute Gasteiger partial charge is 0.398 e. The van der Waals surface area contributed by atoms with Crippen molar-refractivity contribution in [2.24, 2.45) is 0 Å². The first-order valence-corrected chi connectivity index (χ1v) is 6.34. The van der Waals surface area contributed by atoms with E-state index >= 15 is 0 Å². The molecular formula is C12H17Cl3F3N3. The van der Waals surface area contributed by atoms with E-state index in [-0.39, 0.29) is 41.1 Å². The number of anilines is 1. The maximum Gasteiger partial charge on any atom is 0.408 e. The SMILES string of the molecule is Cl.Cl.Nc1ccc(Cl)cc1[C@H](N1CCNCC1)C(F)(F)F. The van der Waals surface area contributed by atoms with Gasteiger partial charge in [-0.2, -0.15) is 13.2 Å². The van der Waals surface area contributed by atoms with Crippen LogP contribution in [0.4, 0.5) is 18.9 Å². The van der Waals surface area contributed by atoms with E-state index in [0.29, 0.717) is 26.2 Å². The average Bonchev–Trinajstić information content (AvgIpc) is 2.33. The van der Waals surface area contributed by atoms with Crippen LogP contribution in [0.25, 0.3) is 0 Å². The van der Waals surface area contributed by atoms with Gasteiger partial charge in [0.15, 0.2) is 0 Å². The molecule has 2 rings (SSSR count). The fourth-order valence-electron chi connectivity index (χ4n) is 2.30. The Morgan fingerprint density at radius 3 is 2.29 bits per heavy atom. The molecule has 1 aromatic carbocycles. The van der Waals surface area contributed by atoms with Crippen molar-refractivity contribution < 1.29 is 13.2 Å². The van der Waals surface area contributed by atoms with E-state index in [1.807, 2.05) is 0 Å². The summed E-state index contributed by atoms with van der Waals surface area (Å²) in [4.78, 5) is 1.39. The summed E-state index contributed by atoms with van der Waals surface area (Å²) < 4.78 is 40.0. The van der Waals surface area contributed by atoms with Gasteiger partial charge in [-0.25, -0.2) is 0 Å². The summed E-state index contributed by atoms with van der Waals surface area (Å²) in [6.45, 7) is 1.73. The summed E-state index contributed by atoms with van der Waals surface area (Å²) in [5.74, 6) is 0. The maximum atomic E-state index is 13.3. The lowest BCUT2D eigenvalue weighted by Gasteiger charge is -2.36. The second-order valence-electron chi connectivity index (χ2n) is 4.50. The molecule has 1 heterocycles. The number of alkyl halides is 3. The van der Waals surface area contributed by atoms with Gasteiger partial charge in [-0.3, -0.25) is 4.90 Å². The zero-order valence-electron chi connectivity index (χ0n) is 11.0. The van der Waals surface area contributed by atoms with Crippen LogP contribution in [0.5, 0.6) is 0 Å². The standard InChI is InChI=1S/C12H15ClF3N3.2ClH/c13-8-1-2-10(17)9(7-8)11(12(14,15)16)19-5-3-18-4-6-19;;/h1-2,7,11,18H,3-6,17H2;2*1H/t11-;;/m0../s1. The molecule has 1 aliphatic rings. The predicted molar refractivity (Wildman–Crippen MR) is 83.6 cm³/mol. The minimum absolute atomic E-state index is 0. The number of nitrogens with two attached hydrogens (primary N) is 1. The Hall–Kier alpha value is -0.400. The fraction of sp³-hybridized carbons (Fsp3) is 0.500. The first-order valence-electron chi connectivity index (χ1n) is 5.96. The number of hydrogen-bond acceptors (Lipinski definition) is 3. The third kappa shape index (κ3) is 5.07. The first-order chi connectivity index (χ1) is 8.89. The van der Waals surface area contributed by atoms with Crippen LogP contribution in [0.3, 0.4) is 0 Å². The third-order valence-electron chi connectivity index (χ3n) is 3.17. The van der Waals surface area contributed by atoms with Gasteiger partial charge in [0.25, 0.3) is 0 Å². The molecule has 1 fully saturated rings. The number of nitrogens with one attached hydrogen (secondary N) is 1. The quantitative estimate of drug-likeness (QED) is 0.789. The Kier molecular flexibility index (Phi) is 8.13. The highest BCUT2D eigenvalue weighted by atomic mass is 35.5. The van der Waals surface area contributed by atoms with Crippen LogP contribution in [0.2, 0.25) is 5.02 Å². The molecule has 0 spiro atoms. The second kappa shape index (κ2) is 8.29. The predicted octanol–water partition coefficient (Wildman–Crippen LogP) is 3.27. The summed E-state index contributed by atoms with van der Waals surface area (Å²) in [6, 6.07) is 2.51. The van der Waals surface area contributed by atoms with Gasteiger partial charge in [-0.15, -0.1) is 24.8 Å². The molecule has 1 aliphatic heterocycles. The highest BCUT2D eigenvalue weighted by Gasteiger charge is 2.45. The number of piperazine rings is 1. The lowest BCUT2D eigenvalue weighted by molar-refractivity contribution is -0.187. The van der Waals surface area contributed by atoms with Crippen molar-refractivity contribution in [3.63, 3.8) is 0 Å². The highest BCUT2D eigenvalue weighted by Crippen LogP contribution is 2.40. The van der Waals surface area contributed by atoms with Gasteiger partial charge < -0.3 is 11.1 Å². The summed E-state index contributed by atoms with van der Waals surface area (Å²) in [7, 11) is 0. The van der Waals surface area contributed by atoms with Crippen molar-refractivity contribution in [1.29, 1.82) is 0 Å². The minimum atomic E-state index is -4.38. The van der Waals surface area contributed by atoms with Crippen LogP contribution in [0.1, 0.15) is 11.6 Å². The molecule has 0 aromatic heterocycles. The number of nitrogen functional groups attached to an aromatic ring is 1. The molecular weight excluding hydrogens is 350 g/mol. The Labute approximate surface area is 138 Å². The molecule has 0 amide bonds. The first kappa shape index (κ1) is 20.6. The summed E-state index contributed by atoms with van der Waals surface area (Å²) in [6.07, 6.45) is -4.38. The average molecular weight is 367 g/mol. The van der Waals surface area contributed by atoms with Crippen molar-refractivity contribution in [2.75, 3.05) is 31.9 Å². The molecule has 0 saturated carbocycles. The number of benzene rings is 1. The van der Waals surface area contributed by atoms with Crippen LogP contribution in [-0.2, 0) is 0 Å². The van der Waals surface area contributed by atoms with E-state index in [2.05, 4.69) is 5.32 Å². The van der Waals surface area contributed by atoms with Gasteiger partial charge >= 0.3 is 6.18 Å². The zero-order chi connectivity index (χ0) is 14.0. The normalized spacial score (nSPS) is 17.5. The fourth-order valence-corrected chi connectivity index (χ4v) is 2.48. The molecule has 0 aliphatic carbocycles. The van der Waals surface area contributed by atoms with Crippen molar-refractivity contribution in [3.05, 3.63) is 28.8 Å². The van der Waals surface area contributed by atoms with E-state index in [1.54, 1.807) is 0 Å². The molecule has 1 atom stereocenters. The number of halogens is 6. The van der Waals surface area contributed by atoms with E-state index in [9.17, 15) is 13.2 Å². The molecule has 0 radical (unpaired) electrons. The second-order valence-corrected chi connectivity index (χ2v) is 4.94. The zero-order valence-corrected chi connectivity index (χ0v) is 13.4. The highest BCUT2D eigenvalue weighted by molar-refractivity contribution is 6.30. The van der Waals surface area contributed by atoms with Crippen LogP contribution in [0, 0.1) is 0 Å². The molecule has 1 saturated heterocycles. The minimum Gasteiger partial charge on any atom is -0.398 e. The van der Waals surface area contributed by atoms with Crippen molar-refractivity contribution in [2.45, 2.75) is 12.2 Å². The lowest BCUT2D eigenvalue weighted by atomic mass is 10.0. The van der Waals surface area contributed by atoms with E-state index in [0.717, 1.165) is 0 Å². The van der Waals surface area contributed by atoms with Crippen LogP contribution < -0.4 is 11.1 Å². The van der Waals surface area contributed by atoms with Gasteiger partial charge in [-0.1, -0.05) is 11.6 Å². The number of hydrogen-bond donors (Lipinski definition) is 2. The van der Waals surface area contributed by atoms with Gasteiger partial charge in [0.2, 0.25) is 0 Å². The van der Waals surface area contributed by atoms with Gasteiger partial charge in [0.05, 0.1) is 0 Å². The number of rotatable bonds is 2. The molecule has 9 heteroatoms. The lowest BCUT2D eigenvalue weighted by Crippen LogP contribution is -2.49. The molecule has 122 valence electrons. The number of nitrogens with zero attached hydrogens (tertiary/aromatic N) is 1. The Morgan fingerprint density at radius 1 is 1.19 bits per heavy atom.